The van der Waals surface area contributed by atoms with E-state index in [2.05, 4.69) is 0 Å². The molecule has 0 spiro atoms. The second kappa shape index (κ2) is 9.76. The Bertz CT molecular complexity index is 1240. The number of hydrogen-bond acceptors (Lipinski definition) is 6. The van der Waals surface area contributed by atoms with Crippen LogP contribution in [0.5, 0.6) is 0 Å². The number of rotatable bonds is 9. The van der Waals surface area contributed by atoms with Crippen molar-refractivity contribution in [1.29, 1.82) is 0 Å². The van der Waals surface area contributed by atoms with Crippen molar-refractivity contribution in [2.45, 2.75) is 45.2 Å². The van der Waals surface area contributed by atoms with Crippen LogP contribution >= 0.6 is 0 Å². The fourth-order valence-corrected chi connectivity index (χ4v) is 5.46. The van der Waals surface area contributed by atoms with Crippen LogP contribution < -0.4 is 0 Å². The topological polar surface area (TPSA) is 98.8 Å². The summed E-state index contributed by atoms with van der Waals surface area (Å²) in [6.07, 6.45) is 1.45. The van der Waals surface area contributed by atoms with Gasteiger partial charge in [0.25, 0.3) is 0 Å². The molecule has 0 radical (unpaired) electrons. The number of ether oxygens (including phenoxy) is 1. The van der Waals surface area contributed by atoms with Crippen LogP contribution in [-0.2, 0) is 28.4 Å². The Labute approximate surface area is 193 Å². The first kappa shape index (κ1) is 24.5. The molecule has 0 aliphatic heterocycles. The van der Waals surface area contributed by atoms with Crippen molar-refractivity contribution < 1.29 is 27.2 Å². The molecule has 0 amide bonds. The van der Waals surface area contributed by atoms with Crippen molar-refractivity contribution in [3.8, 4) is 0 Å². The molecule has 2 aromatic heterocycles. The van der Waals surface area contributed by atoms with E-state index in [1.807, 2.05) is 0 Å². The Morgan fingerprint density at radius 1 is 1.12 bits per heavy atom. The van der Waals surface area contributed by atoms with E-state index in [0.29, 0.717) is 22.6 Å². The molecular weight excluding hydrogens is 444 g/mol. The van der Waals surface area contributed by atoms with Crippen LogP contribution in [0.15, 0.2) is 58.0 Å². The number of nitrogens with zero attached hydrogens (tertiary/aromatic N) is 2. The Kier molecular flexibility index (Phi) is 7.24. The maximum atomic E-state index is 13.7. The van der Waals surface area contributed by atoms with Crippen molar-refractivity contribution in [3.05, 3.63) is 77.0 Å². The standard InChI is InChI=1S/C24H28N2O6S/c1-6-31-24(28)22-16(2)21(17(3)25(22)5)23(27)18(4)26(15-19-11-10-14-32-19)33(29,30)20-12-8-7-9-13-20/h7-14,18H,6,15H2,1-5H3. The van der Waals surface area contributed by atoms with Crippen molar-refractivity contribution in [2.24, 2.45) is 7.05 Å². The van der Waals surface area contributed by atoms with E-state index in [9.17, 15) is 18.0 Å². The first-order chi connectivity index (χ1) is 15.6. The van der Waals surface area contributed by atoms with Crippen LogP contribution in [0.3, 0.4) is 0 Å². The molecule has 3 aromatic rings. The summed E-state index contributed by atoms with van der Waals surface area (Å²) < 4.78 is 40.3. The van der Waals surface area contributed by atoms with E-state index in [0.717, 1.165) is 4.31 Å². The third kappa shape index (κ3) is 4.65. The summed E-state index contributed by atoms with van der Waals surface area (Å²) in [5, 5.41) is 0. The molecule has 0 fully saturated rings. The molecule has 176 valence electrons. The van der Waals surface area contributed by atoms with E-state index in [1.165, 1.54) is 18.4 Å². The van der Waals surface area contributed by atoms with Gasteiger partial charge in [0.15, 0.2) is 5.78 Å². The van der Waals surface area contributed by atoms with Gasteiger partial charge in [0.2, 0.25) is 10.0 Å². The molecule has 1 aromatic carbocycles. The molecule has 2 heterocycles. The second-order valence-corrected chi connectivity index (χ2v) is 9.59. The molecule has 1 atom stereocenters. The first-order valence-electron chi connectivity index (χ1n) is 10.6. The number of aromatic nitrogens is 1. The van der Waals surface area contributed by atoms with Gasteiger partial charge >= 0.3 is 5.97 Å². The summed E-state index contributed by atoms with van der Waals surface area (Å²) in [5.41, 5.74) is 1.59. The maximum Gasteiger partial charge on any atom is 0.355 e. The quantitative estimate of drug-likeness (QED) is 0.346. The first-order valence-corrected chi connectivity index (χ1v) is 12.0. The molecule has 0 aliphatic carbocycles. The van der Waals surface area contributed by atoms with E-state index < -0.39 is 27.8 Å². The highest BCUT2D eigenvalue weighted by atomic mass is 32.2. The van der Waals surface area contributed by atoms with E-state index >= 15 is 0 Å². The molecule has 0 saturated carbocycles. The lowest BCUT2D eigenvalue weighted by molar-refractivity contribution is 0.0514. The summed E-state index contributed by atoms with van der Waals surface area (Å²) in [4.78, 5) is 26.2. The average molecular weight is 473 g/mol. The minimum absolute atomic E-state index is 0.0740. The third-order valence-corrected chi connectivity index (χ3v) is 7.63. The molecule has 9 heteroatoms. The smallest absolute Gasteiger partial charge is 0.355 e. The van der Waals surface area contributed by atoms with Gasteiger partial charge in [-0.1, -0.05) is 18.2 Å². The normalized spacial score (nSPS) is 12.7. The lowest BCUT2D eigenvalue weighted by Crippen LogP contribution is -2.43. The predicted molar refractivity (Wildman–Crippen MR) is 123 cm³/mol. The third-order valence-electron chi connectivity index (χ3n) is 5.70. The van der Waals surface area contributed by atoms with Gasteiger partial charge in [0.05, 0.1) is 30.4 Å². The minimum atomic E-state index is -4.03. The zero-order chi connectivity index (χ0) is 24.3. The lowest BCUT2D eigenvalue weighted by Gasteiger charge is -2.27. The number of esters is 1. The highest BCUT2D eigenvalue weighted by Crippen LogP contribution is 2.28. The van der Waals surface area contributed by atoms with E-state index in [1.54, 1.807) is 69.6 Å². The number of hydrogen-bond donors (Lipinski definition) is 0. The maximum absolute atomic E-state index is 13.7. The van der Waals surface area contributed by atoms with Gasteiger partial charge in [-0.3, -0.25) is 4.79 Å². The van der Waals surface area contributed by atoms with Crippen LogP contribution in [0.25, 0.3) is 0 Å². The average Bonchev–Trinajstić information content (AvgIpc) is 3.38. The Balaban J connectivity index is 2.07. The fraction of sp³-hybridized carbons (Fsp3) is 0.333. The molecule has 8 nitrogen and oxygen atoms in total. The number of sulfonamides is 1. The van der Waals surface area contributed by atoms with Gasteiger partial charge in [-0.15, -0.1) is 0 Å². The zero-order valence-electron chi connectivity index (χ0n) is 19.4. The van der Waals surface area contributed by atoms with Crippen LogP contribution in [0.2, 0.25) is 0 Å². The summed E-state index contributed by atoms with van der Waals surface area (Å²) in [6.45, 7) is 6.72. The summed E-state index contributed by atoms with van der Waals surface area (Å²) in [7, 11) is -2.35. The number of furan rings is 1. The van der Waals surface area contributed by atoms with Crippen LogP contribution in [0, 0.1) is 13.8 Å². The number of Topliss-reactive ketones (excluding diaryl/α,β-unsaturated/α-hetero) is 1. The molecule has 0 bridgehead atoms. The Morgan fingerprint density at radius 2 is 1.79 bits per heavy atom. The molecule has 0 N–H and O–H groups in total. The molecule has 3 rings (SSSR count). The number of ketones is 1. The number of carbonyl (C=O) groups excluding carboxylic acids is 2. The van der Waals surface area contributed by atoms with Gasteiger partial charge in [-0.25, -0.2) is 13.2 Å². The SMILES string of the molecule is CCOC(=O)c1c(C)c(C(=O)C(C)N(Cc2ccco2)S(=O)(=O)c2ccccc2)c(C)n1C. The van der Waals surface area contributed by atoms with Crippen LogP contribution in [0.4, 0.5) is 0 Å². The highest BCUT2D eigenvalue weighted by Gasteiger charge is 2.37. The Morgan fingerprint density at radius 3 is 2.36 bits per heavy atom. The highest BCUT2D eigenvalue weighted by molar-refractivity contribution is 7.89. The largest absolute Gasteiger partial charge is 0.468 e. The summed E-state index contributed by atoms with van der Waals surface area (Å²) in [6, 6.07) is 10.2. The van der Waals surface area contributed by atoms with Gasteiger partial charge in [-0.05, 0) is 57.5 Å². The van der Waals surface area contributed by atoms with Crippen LogP contribution in [-0.4, -0.2) is 41.7 Å². The van der Waals surface area contributed by atoms with Crippen molar-refractivity contribution in [3.63, 3.8) is 0 Å². The molecule has 0 saturated heterocycles. The van der Waals surface area contributed by atoms with Crippen LogP contribution in [0.1, 0.15) is 51.7 Å². The molecule has 33 heavy (non-hydrogen) atoms. The van der Waals surface area contributed by atoms with Gasteiger partial charge in [0, 0.05) is 18.3 Å². The summed E-state index contributed by atoms with van der Waals surface area (Å²) in [5.74, 6) is -0.540. The van der Waals surface area contributed by atoms with Crippen molar-refractivity contribution in [1.82, 2.24) is 8.87 Å². The van der Waals surface area contributed by atoms with Gasteiger partial charge in [0.1, 0.15) is 11.5 Å². The van der Waals surface area contributed by atoms with E-state index in [-0.39, 0.29) is 23.7 Å². The summed E-state index contributed by atoms with van der Waals surface area (Å²) >= 11 is 0. The van der Waals surface area contributed by atoms with Crippen molar-refractivity contribution >= 4 is 21.8 Å². The van der Waals surface area contributed by atoms with Crippen molar-refractivity contribution in [2.75, 3.05) is 6.61 Å². The number of carbonyl (C=O) groups is 2. The second-order valence-electron chi connectivity index (χ2n) is 7.70. The zero-order valence-corrected chi connectivity index (χ0v) is 20.2. The lowest BCUT2D eigenvalue weighted by atomic mass is 10.0. The minimum Gasteiger partial charge on any atom is -0.468 e. The van der Waals surface area contributed by atoms with E-state index in [4.69, 9.17) is 9.15 Å². The molecular formula is C24H28N2O6S. The molecule has 0 aliphatic rings. The predicted octanol–water partition coefficient (Wildman–Crippen LogP) is 3.87. The van der Waals surface area contributed by atoms with Gasteiger partial charge in [-0.2, -0.15) is 4.31 Å². The number of benzene rings is 1. The monoisotopic (exact) mass is 472 g/mol. The van der Waals surface area contributed by atoms with Gasteiger partial charge < -0.3 is 13.7 Å². The Hall–Kier alpha value is -3.17. The molecule has 1 unspecified atom stereocenters. The fourth-order valence-electron chi connectivity index (χ4n) is 3.88.